The van der Waals surface area contributed by atoms with E-state index in [1.54, 1.807) is 18.2 Å². The lowest BCUT2D eigenvalue weighted by molar-refractivity contribution is 0.0560. The Morgan fingerprint density at radius 2 is 2.05 bits per heavy atom. The summed E-state index contributed by atoms with van der Waals surface area (Å²) < 4.78 is 26.6. The fourth-order valence-corrected chi connectivity index (χ4v) is 1.85. The molecular weight excluding hydrogens is 268 g/mol. The summed E-state index contributed by atoms with van der Waals surface area (Å²) >= 11 is 0. The number of rotatable bonds is 4. The molecule has 2 heterocycles. The highest BCUT2D eigenvalue weighted by molar-refractivity contribution is 5.94. The van der Waals surface area contributed by atoms with E-state index in [4.69, 9.17) is 0 Å². The molecule has 6 nitrogen and oxygen atoms in total. The molecular formula is C12H9F2N5O. The molecule has 8 heteroatoms. The first-order valence-corrected chi connectivity index (χ1v) is 5.80. The maximum atomic E-state index is 12.4. The molecule has 0 amide bonds. The summed E-state index contributed by atoms with van der Waals surface area (Å²) in [5.41, 5.74) is 1.34. The summed E-state index contributed by atoms with van der Waals surface area (Å²) in [4.78, 5) is 12.0. The molecule has 0 saturated carbocycles. The Morgan fingerprint density at radius 3 is 2.80 bits per heavy atom. The number of hydrogen-bond acceptors (Lipinski definition) is 4. The van der Waals surface area contributed by atoms with Gasteiger partial charge in [0.05, 0.1) is 5.52 Å². The van der Waals surface area contributed by atoms with Gasteiger partial charge in [-0.25, -0.2) is 9.36 Å². The van der Waals surface area contributed by atoms with Gasteiger partial charge in [0.2, 0.25) is 5.78 Å². The van der Waals surface area contributed by atoms with Gasteiger partial charge in [0.1, 0.15) is 17.8 Å². The van der Waals surface area contributed by atoms with Gasteiger partial charge in [0, 0.05) is 6.20 Å². The molecule has 0 atom stereocenters. The zero-order valence-electron chi connectivity index (χ0n) is 10.1. The molecule has 0 aliphatic heterocycles. The minimum absolute atomic E-state index is 0.0233. The van der Waals surface area contributed by atoms with Crippen molar-refractivity contribution in [2.45, 2.75) is 13.1 Å². The van der Waals surface area contributed by atoms with Crippen molar-refractivity contribution < 1.29 is 13.6 Å². The fourth-order valence-electron chi connectivity index (χ4n) is 1.85. The Bertz CT molecular complexity index is 764. The third-order valence-corrected chi connectivity index (χ3v) is 2.81. The van der Waals surface area contributed by atoms with Crippen LogP contribution in [0, 0.1) is 0 Å². The standard InChI is InChI=1S/C12H9F2N5O/c13-12(14)18-6-5-9(16-18)11(20)7-19-10-4-2-1-3-8(10)15-17-19/h1-6,12H,7H2. The average molecular weight is 277 g/mol. The third-order valence-electron chi connectivity index (χ3n) is 2.81. The number of hydrogen-bond donors (Lipinski definition) is 0. The Balaban J connectivity index is 1.85. The van der Waals surface area contributed by atoms with Crippen LogP contribution in [0.5, 0.6) is 0 Å². The Morgan fingerprint density at radius 1 is 1.25 bits per heavy atom. The van der Waals surface area contributed by atoms with Crippen molar-refractivity contribution in [1.29, 1.82) is 0 Å². The summed E-state index contributed by atoms with van der Waals surface area (Å²) in [7, 11) is 0. The monoisotopic (exact) mass is 277 g/mol. The number of alkyl halides is 2. The first-order chi connectivity index (χ1) is 9.65. The number of nitrogens with zero attached hydrogens (tertiary/aromatic N) is 5. The minimum Gasteiger partial charge on any atom is -0.290 e. The molecule has 3 aromatic rings. The number of Topliss-reactive ketones (excluding diaryl/α,β-unsaturated/α-hetero) is 1. The van der Waals surface area contributed by atoms with Crippen molar-refractivity contribution in [2.24, 2.45) is 0 Å². The summed E-state index contributed by atoms with van der Waals surface area (Å²) in [5, 5.41) is 11.3. The lowest BCUT2D eigenvalue weighted by Gasteiger charge is -2.00. The topological polar surface area (TPSA) is 65.6 Å². The zero-order chi connectivity index (χ0) is 14.1. The summed E-state index contributed by atoms with van der Waals surface area (Å²) in [5.74, 6) is -0.403. The number of carbonyl (C=O) groups excluding carboxylic acids is 1. The SMILES string of the molecule is O=C(Cn1nnc2ccccc21)c1ccn(C(F)F)n1. The third kappa shape index (κ3) is 2.15. The van der Waals surface area contributed by atoms with Crippen molar-refractivity contribution in [3.8, 4) is 0 Å². The van der Waals surface area contributed by atoms with Crippen molar-refractivity contribution in [3.63, 3.8) is 0 Å². The maximum Gasteiger partial charge on any atom is 0.333 e. The van der Waals surface area contributed by atoms with Crippen molar-refractivity contribution in [3.05, 3.63) is 42.2 Å². The van der Waals surface area contributed by atoms with E-state index in [1.807, 2.05) is 6.07 Å². The molecule has 20 heavy (non-hydrogen) atoms. The van der Waals surface area contributed by atoms with Gasteiger partial charge < -0.3 is 0 Å². The van der Waals surface area contributed by atoms with Crippen LogP contribution in [0.2, 0.25) is 0 Å². The molecule has 0 spiro atoms. The number of fused-ring (bicyclic) bond motifs is 1. The second-order valence-corrected chi connectivity index (χ2v) is 4.12. The van der Waals surface area contributed by atoms with Crippen molar-refractivity contribution >= 4 is 16.8 Å². The first-order valence-electron chi connectivity index (χ1n) is 5.80. The van der Waals surface area contributed by atoms with Crippen molar-refractivity contribution in [1.82, 2.24) is 24.8 Å². The quantitative estimate of drug-likeness (QED) is 0.683. The lowest BCUT2D eigenvalue weighted by atomic mass is 10.2. The highest BCUT2D eigenvalue weighted by Gasteiger charge is 2.15. The molecule has 0 saturated heterocycles. The number of para-hydroxylation sites is 1. The zero-order valence-corrected chi connectivity index (χ0v) is 10.1. The van der Waals surface area contributed by atoms with Crippen LogP contribution in [0.1, 0.15) is 17.0 Å². The van der Waals surface area contributed by atoms with E-state index in [0.29, 0.717) is 15.7 Å². The molecule has 0 bridgehead atoms. The Hall–Kier alpha value is -2.64. The number of benzene rings is 1. The van der Waals surface area contributed by atoms with Gasteiger partial charge in [-0.2, -0.15) is 13.9 Å². The van der Waals surface area contributed by atoms with E-state index in [-0.39, 0.29) is 12.2 Å². The molecule has 3 rings (SSSR count). The predicted octanol–water partition coefficient (Wildman–Crippen LogP) is 1.91. The van der Waals surface area contributed by atoms with Crippen LogP contribution in [0.4, 0.5) is 8.78 Å². The summed E-state index contributed by atoms with van der Waals surface area (Å²) in [6, 6.07) is 8.43. The normalized spacial score (nSPS) is 11.3. The average Bonchev–Trinajstić information content (AvgIpc) is 3.06. The van der Waals surface area contributed by atoms with Gasteiger partial charge in [-0.1, -0.05) is 17.3 Å². The van der Waals surface area contributed by atoms with E-state index in [0.717, 1.165) is 6.20 Å². The van der Waals surface area contributed by atoms with Crippen LogP contribution in [-0.2, 0) is 6.54 Å². The maximum absolute atomic E-state index is 12.4. The highest BCUT2D eigenvalue weighted by atomic mass is 19.3. The summed E-state index contributed by atoms with van der Waals surface area (Å²) in [6.45, 7) is -2.86. The molecule has 2 aromatic heterocycles. The second kappa shape index (κ2) is 4.80. The van der Waals surface area contributed by atoms with Gasteiger partial charge in [-0.05, 0) is 18.2 Å². The van der Waals surface area contributed by atoms with E-state index in [1.165, 1.54) is 10.7 Å². The first kappa shape index (κ1) is 12.4. The lowest BCUT2D eigenvalue weighted by Crippen LogP contribution is -2.13. The van der Waals surface area contributed by atoms with Gasteiger partial charge in [0.15, 0.2) is 0 Å². The number of carbonyl (C=O) groups is 1. The highest BCUT2D eigenvalue weighted by Crippen LogP contribution is 2.12. The van der Waals surface area contributed by atoms with E-state index < -0.39 is 12.3 Å². The van der Waals surface area contributed by atoms with E-state index >= 15 is 0 Å². The van der Waals surface area contributed by atoms with Crippen LogP contribution >= 0.6 is 0 Å². The number of aromatic nitrogens is 5. The number of halogens is 2. The second-order valence-electron chi connectivity index (χ2n) is 4.12. The molecule has 0 N–H and O–H groups in total. The molecule has 0 radical (unpaired) electrons. The largest absolute Gasteiger partial charge is 0.333 e. The minimum atomic E-state index is -2.76. The van der Waals surface area contributed by atoms with Crippen LogP contribution in [-0.4, -0.2) is 30.6 Å². The van der Waals surface area contributed by atoms with Crippen molar-refractivity contribution in [2.75, 3.05) is 0 Å². The van der Waals surface area contributed by atoms with Crippen LogP contribution in [0.25, 0.3) is 11.0 Å². The van der Waals surface area contributed by atoms with Gasteiger partial charge in [0.25, 0.3) is 0 Å². The van der Waals surface area contributed by atoms with Crippen LogP contribution < -0.4 is 0 Å². The van der Waals surface area contributed by atoms with Gasteiger partial charge in [-0.15, -0.1) is 5.10 Å². The molecule has 0 aliphatic carbocycles. The molecule has 1 aromatic carbocycles. The predicted molar refractivity (Wildman–Crippen MR) is 65.3 cm³/mol. The Kier molecular flexibility index (Phi) is 2.97. The molecule has 0 unspecified atom stereocenters. The van der Waals surface area contributed by atoms with Crippen LogP contribution in [0.15, 0.2) is 36.5 Å². The van der Waals surface area contributed by atoms with Gasteiger partial charge >= 0.3 is 6.55 Å². The van der Waals surface area contributed by atoms with Gasteiger partial charge in [-0.3, -0.25) is 4.79 Å². The molecule has 0 fully saturated rings. The molecule has 0 aliphatic rings. The van der Waals surface area contributed by atoms with E-state index in [2.05, 4.69) is 15.4 Å². The molecule has 102 valence electrons. The number of ketones is 1. The fraction of sp³-hybridized carbons (Fsp3) is 0.167. The Labute approximate surface area is 111 Å². The van der Waals surface area contributed by atoms with Crippen LogP contribution in [0.3, 0.4) is 0 Å². The smallest absolute Gasteiger partial charge is 0.290 e. The van der Waals surface area contributed by atoms with E-state index in [9.17, 15) is 13.6 Å². The summed E-state index contributed by atoms with van der Waals surface area (Å²) in [6.07, 6.45) is 1.07.